The number of esters is 1. The van der Waals surface area contributed by atoms with E-state index in [1.807, 2.05) is 6.92 Å². The lowest BCUT2D eigenvalue weighted by molar-refractivity contribution is -0.137. The number of rotatable bonds is 12. The first kappa shape index (κ1) is 25.8. The van der Waals surface area contributed by atoms with Crippen molar-refractivity contribution in [3.05, 3.63) is 60.1 Å². The van der Waals surface area contributed by atoms with Gasteiger partial charge in [0.25, 0.3) is 0 Å². The van der Waals surface area contributed by atoms with Crippen LogP contribution < -0.4 is 5.32 Å². The van der Waals surface area contributed by atoms with Gasteiger partial charge in [0, 0.05) is 42.9 Å². The number of carbonyl (C=O) groups is 1. The third-order valence-corrected chi connectivity index (χ3v) is 6.49. The number of aryl methyl sites for hydroxylation is 1. The number of nitrogens with zero attached hydrogens (tertiary/aromatic N) is 3. The number of ether oxygens (including phenoxy) is 1. The van der Waals surface area contributed by atoms with Gasteiger partial charge in [0.1, 0.15) is 5.82 Å². The van der Waals surface area contributed by atoms with E-state index in [0.717, 1.165) is 58.4 Å². The number of aliphatic imine (C=N–C) groups is 1. The Morgan fingerprint density at radius 1 is 1.26 bits per heavy atom. The van der Waals surface area contributed by atoms with E-state index >= 15 is 0 Å². The Bertz CT molecular complexity index is 1010. The van der Waals surface area contributed by atoms with E-state index in [1.54, 1.807) is 19.2 Å². The van der Waals surface area contributed by atoms with Crippen LogP contribution in [0.3, 0.4) is 0 Å². The lowest BCUT2D eigenvalue weighted by Gasteiger charge is -2.33. The van der Waals surface area contributed by atoms with Crippen molar-refractivity contribution < 1.29 is 9.53 Å². The summed E-state index contributed by atoms with van der Waals surface area (Å²) >= 11 is 0. The van der Waals surface area contributed by atoms with E-state index in [2.05, 4.69) is 63.7 Å². The molecule has 1 N–H and O–H groups in total. The Morgan fingerprint density at radius 2 is 2.03 bits per heavy atom. The van der Waals surface area contributed by atoms with E-state index in [9.17, 15) is 4.79 Å². The second kappa shape index (κ2) is 13.1. The van der Waals surface area contributed by atoms with E-state index in [4.69, 9.17) is 4.74 Å². The fraction of sp³-hybridized carbons (Fsp3) is 0.500. The summed E-state index contributed by atoms with van der Waals surface area (Å²) < 4.78 is 7.44. The molecule has 1 saturated heterocycles. The second-order valence-electron chi connectivity index (χ2n) is 8.89. The molecule has 0 radical (unpaired) electrons. The number of carbonyl (C=O) groups excluding carboxylic acids is 1. The molecule has 0 aliphatic carbocycles. The molecule has 0 bridgehead atoms. The van der Waals surface area contributed by atoms with Gasteiger partial charge >= 0.3 is 5.97 Å². The fourth-order valence-electron chi connectivity index (χ4n) is 4.56. The highest BCUT2D eigenvalue weighted by atomic mass is 16.5. The number of benzene rings is 1. The van der Waals surface area contributed by atoms with Crippen molar-refractivity contribution in [1.82, 2.24) is 14.8 Å². The Balaban J connectivity index is 1.41. The maximum atomic E-state index is 11.9. The second-order valence-corrected chi connectivity index (χ2v) is 8.89. The molecule has 6 heteroatoms. The summed E-state index contributed by atoms with van der Waals surface area (Å²) in [5, 5.41) is 5.07. The van der Waals surface area contributed by atoms with Gasteiger partial charge in [0.05, 0.1) is 12.2 Å². The van der Waals surface area contributed by atoms with Crippen molar-refractivity contribution in [2.45, 2.75) is 53.0 Å². The van der Waals surface area contributed by atoms with Crippen LogP contribution in [-0.2, 0) is 22.5 Å². The molecule has 2 aromatic rings. The van der Waals surface area contributed by atoms with E-state index in [-0.39, 0.29) is 5.97 Å². The predicted octanol–water partition coefficient (Wildman–Crippen LogP) is 4.95. The zero-order valence-corrected chi connectivity index (χ0v) is 21.1. The smallest absolute Gasteiger partial charge is 0.339 e. The standard InChI is InChI=1S/C28H40N4O2/c1-5-16-32-21-25(26-10-8-9-11-27(26)32)12-15-29-19-23-13-17-31(18-14-23)22(4)30-20-24(6-2)28(33)34-7-3/h6,8-11,20-21,23,29H,4-5,7,12-19H2,1-3H3/b24-6+,30-20-. The van der Waals surface area contributed by atoms with E-state index < -0.39 is 0 Å². The van der Waals surface area contributed by atoms with Gasteiger partial charge in [-0.3, -0.25) is 0 Å². The molecule has 34 heavy (non-hydrogen) atoms. The lowest BCUT2D eigenvalue weighted by Crippen LogP contribution is -2.36. The molecule has 1 aromatic carbocycles. The van der Waals surface area contributed by atoms with E-state index in [0.29, 0.717) is 23.9 Å². The normalized spacial score (nSPS) is 15.4. The highest BCUT2D eigenvalue weighted by Crippen LogP contribution is 2.23. The van der Waals surface area contributed by atoms with E-state index in [1.165, 1.54) is 16.5 Å². The summed E-state index contributed by atoms with van der Waals surface area (Å²) in [6.45, 7) is 15.3. The van der Waals surface area contributed by atoms with Gasteiger partial charge in [-0.05, 0) is 70.2 Å². The van der Waals surface area contributed by atoms with Crippen molar-refractivity contribution in [1.29, 1.82) is 0 Å². The first-order valence-electron chi connectivity index (χ1n) is 12.7. The maximum Gasteiger partial charge on any atom is 0.339 e. The minimum absolute atomic E-state index is 0.346. The average Bonchev–Trinajstić information content (AvgIpc) is 3.20. The minimum Gasteiger partial charge on any atom is -0.462 e. The maximum absolute atomic E-state index is 11.9. The van der Waals surface area contributed by atoms with Gasteiger partial charge in [-0.1, -0.05) is 37.8 Å². The summed E-state index contributed by atoms with van der Waals surface area (Å²) in [4.78, 5) is 18.5. The van der Waals surface area contributed by atoms with Crippen LogP contribution in [0.4, 0.5) is 0 Å². The number of nitrogens with one attached hydrogen (secondary N) is 1. The van der Waals surface area contributed by atoms with Gasteiger partial charge in [0.2, 0.25) is 0 Å². The van der Waals surface area contributed by atoms with Gasteiger partial charge in [-0.2, -0.15) is 0 Å². The molecule has 1 aliphatic rings. The number of hydrogen-bond donors (Lipinski definition) is 1. The molecule has 0 amide bonds. The number of allylic oxidation sites excluding steroid dienone is 1. The van der Waals surface area contributed by atoms with Crippen LogP contribution in [0.25, 0.3) is 10.9 Å². The molecular formula is C28H40N4O2. The topological polar surface area (TPSA) is 58.9 Å². The average molecular weight is 465 g/mol. The molecule has 184 valence electrons. The Labute approximate surface area is 204 Å². The van der Waals surface area contributed by atoms with Gasteiger partial charge in [0.15, 0.2) is 0 Å². The summed E-state index contributed by atoms with van der Waals surface area (Å²) in [7, 11) is 0. The van der Waals surface area contributed by atoms with Gasteiger partial charge in [-0.25, -0.2) is 9.79 Å². The first-order chi connectivity index (χ1) is 16.6. The van der Waals surface area contributed by atoms with Crippen molar-refractivity contribution in [3.8, 4) is 0 Å². The summed E-state index contributed by atoms with van der Waals surface area (Å²) in [6.07, 6.45) is 10.0. The van der Waals surface area contributed by atoms with Crippen LogP contribution in [0.2, 0.25) is 0 Å². The van der Waals surface area contributed by atoms with Gasteiger partial charge < -0.3 is 19.5 Å². The predicted molar refractivity (Wildman–Crippen MR) is 141 cm³/mol. The van der Waals surface area contributed by atoms with Crippen LogP contribution in [0.15, 0.2) is 59.5 Å². The van der Waals surface area contributed by atoms with Crippen LogP contribution in [-0.4, -0.2) is 54.4 Å². The van der Waals surface area contributed by atoms with Crippen LogP contribution >= 0.6 is 0 Å². The van der Waals surface area contributed by atoms with Crippen molar-refractivity contribution in [2.24, 2.45) is 10.9 Å². The van der Waals surface area contributed by atoms with Crippen LogP contribution in [0, 0.1) is 5.92 Å². The van der Waals surface area contributed by atoms with Gasteiger partial charge in [-0.15, -0.1) is 0 Å². The Kier molecular flexibility index (Phi) is 9.95. The third-order valence-electron chi connectivity index (χ3n) is 6.49. The molecule has 0 saturated carbocycles. The molecule has 1 aliphatic heterocycles. The van der Waals surface area contributed by atoms with Crippen LogP contribution in [0.5, 0.6) is 0 Å². The van der Waals surface area contributed by atoms with Crippen LogP contribution in [0.1, 0.15) is 45.6 Å². The number of aromatic nitrogens is 1. The van der Waals surface area contributed by atoms with Crippen molar-refractivity contribution in [2.75, 3.05) is 32.8 Å². The zero-order valence-electron chi connectivity index (χ0n) is 21.1. The number of piperidine rings is 1. The first-order valence-corrected chi connectivity index (χ1v) is 12.7. The van der Waals surface area contributed by atoms with Crippen molar-refractivity contribution >= 4 is 23.1 Å². The molecule has 2 heterocycles. The number of para-hydroxylation sites is 1. The third kappa shape index (κ3) is 6.83. The molecule has 0 unspecified atom stereocenters. The molecule has 0 spiro atoms. The number of hydrogen-bond acceptors (Lipinski definition) is 5. The molecule has 6 nitrogen and oxygen atoms in total. The highest BCUT2D eigenvalue weighted by Gasteiger charge is 2.20. The monoisotopic (exact) mass is 464 g/mol. The summed E-state index contributed by atoms with van der Waals surface area (Å²) in [6, 6.07) is 8.73. The largest absolute Gasteiger partial charge is 0.462 e. The molecular weight excluding hydrogens is 424 g/mol. The quantitative estimate of drug-likeness (QED) is 0.209. The summed E-state index contributed by atoms with van der Waals surface area (Å²) in [5.74, 6) is 1.03. The fourth-order valence-corrected chi connectivity index (χ4v) is 4.56. The minimum atomic E-state index is -0.346. The molecule has 3 rings (SSSR count). The summed E-state index contributed by atoms with van der Waals surface area (Å²) in [5.41, 5.74) is 3.24. The number of likely N-dealkylation sites (tertiary alicyclic amines) is 1. The van der Waals surface area contributed by atoms with Crippen molar-refractivity contribution in [3.63, 3.8) is 0 Å². The SMILES string of the molecule is C=C(/N=C\C(=C/C)C(=O)OCC)N1CCC(CNCCc2cn(CCC)c3ccccc23)CC1. The Hall–Kier alpha value is -2.86. The molecule has 0 atom stereocenters. The Morgan fingerprint density at radius 3 is 2.74 bits per heavy atom. The lowest BCUT2D eigenvalue weighted by atomic mass is 9.97. The number of fused-ring (bicyclic) bond motifs is 1. The molecule has 1 aromatic heterocycles. The molecule has 1 fully saturated rings. The zero-order chi connectivity index (χ0) is 24.3. The highest BCUT2D eigenvalue weighted by molar-refractivity contribution is 6.09.